The van der Waals surface area contributed by atoms with Crippen molar-refractivity contribution in [2.75, 3.05) is 17.2 Å². The summed E-state index contributed by atoms with van der Waals surface area (Å²) in [6.45, 7) is 2.78. The molecule has 2 atom stereocenters. The third kappa shape index (κ3) is 5.52. The highest BCUT2D eigenvalue weighted by Crippen LogP contribution is 2.26. The van der Waals surface area contributed by atoms with Gasteiger partial charge in [-0.05, 0) is 58.3 Å². The second-order valence-electron chi connectivity index (χ2n) is 7.56. The minimum Gasteiger partial charge on any atom is -0.393 e. The van der Waals surface area contributed by atoms with Crippen LogP contribution >= 0.6 is 0 Å². The molecule has 8 nitrogen and oxygen atoms in total. The van der Waals surface area contributed by atoms with Gasteiger partial charge in [0, 0.05) is 24.9 Å². The first-order valence-corrected chi connectivity index (χ1v) is 10.0. The topological polar surface area (TPSA) is 122 Å². The van der Waals surface area contributed by atoms with E-state index in [4.69, 9.17) is 10.5 Å². The normalized spacial score (nSPS) is 28.5. The van der Waals surface area contributed by atoms with Gasteiger partial charge in [-0.25, -0.2) is 4.98 Å². The number of aliphatic hydroxyl groups is 1. The SMILES string of the molecule is CCO[C@H]1CC[C@H](Nc2ncc(C(N)=O)c(NC3CCCC(O)C3)n2)CC1. The standard InChI is InChI=1S/C19H31N5O3/c1-2-27-15-8-6-12(7-9-15)23-19-21-11-16(17(20)26)18(24-19)22-13-4-3-5-14(25)10-13/h11-15,25H,2-10H2,1H3,(H2,20,26)(H2,21,22,23,24)/t12-,13?,14?,15-. The Labute approximate surface area is 160 Å². The van der Waals surface area contributed by atoms with Crippen molar-refractivity contribution in [2.45, 2.75) is 82.6 Å². The monoisotopic (exact) mass is 377 g/mol. The molecule has 1 aromatic heterocycles. The fourth-order valence-electron chi connectivity index (χ4n) is 4.02. The van der Waals surface area contributed by atoms with Crippen molar-refractivity contribution >= 4 is 17.7 Å². The van der Waals surface area contributed by atoms with Crippen LogP contribution in [-0.2, 0) is 4.74 Å². The second kappa shape index (κ2) is 9.32. The lowest BCUT2D eigenvalue weighted by Crippen LogP contribution is -2.32. The predicted octanol–water partition coefficient (Wildman–Crippen LogP) is 2.05. The number of ether oxygens (including phenoxy) is 1. The maximum absolute atomic E-state index is 11.7. The van der Waals surface area contributed by atoms with Gasteiger partial charge in [0.2, 0.25) is 5.95 Å². The number of carbonyl (C=O) groups is 1. The maximum atomic E-state index is 11.7. The van der Waals surface area contributed by atoms with Crippen LogP contribution in [0.1, 0.15) is 68.6 Å². The minimum atomic E-state index is -0.558. The molecule has 2 aliphatic rings. The Morgan fingerprint density at radius 1 is 1.22 bits per heavy atom. The summed E-state index contributed by atoms with van der Waals surface area (Å²) in [6.07, 6.45) is 8.92. The molecule has 2 unspecified atom stereocenters. The summed E-state index contributed by atoms with van der Waals surface area (Å²) in [5.41, 5.74) is 5.76. The lowest BCUT2D eigenvalue weighted by atomic mass is 9.93. The molecule has 2 fully saturated rings. The molecule has 0 bridgehead atoms. The van der Waals surface area contributed by atoms with Gasteiger partial charge in [0.1, 0.15) is 5.82 Å². The van der Waals surface area contributed by atoms with E-state index in [1.54, 1.807) is 0 Å². The van der Waals surface area contributed by atoms with Crippen LogP contribution in [0.2, 0.25) is 0 Å². The Bertz CT molecular complexity index is 634. The van der Waals surface area contributed by atoms with Gasteiger partial charge in [-0.1, -0.05) is 0 Å². The van der Waals surface area contributed by atoms with E-state index in [0.717, 1.165) is 51.6 Å². The van der Waals surface area contributed by atoms with Crippen LogP contribution in [-0.4, -0.2) is 51.9 Å². The number of primary amides is 1. The molecule has 5 N–H and O–H groups in total. The molecule has 0 radical (unpaired) electrons. The van der Waals surface area contributed by atoms with Gasteiger partial charge < -0.3 is 26.2 Å². The molecule has 0 aliphatic heterocycles. The van der Waals surface area contributed by atoms with Crippen LogP contribution in [0.25, 0.3) is 0 Å². The summed E-state index contributed by atoms with van der Waals surface area (Å²) >= 11 is 0. The Morgan fingerprint density at radius 2 is 2.00 bits per heavy atom. The number of amides is 1. The third-order valence-electron chi connectivity index (χ3n) is 5.45. The van der Waals surface area contributed by atoms with Crippen molar-refractivity contribution in [3.8, 4) is 0 Å². The van der Waals surface area contributed by atoms with Gasteiger partial charge in [-0.2, -0.15) is 4.98 Å². The molecule has 0 spiro atoms. The number of aliphatic hydroxyl groups excluding tert-OH is 1. The zero-order chi connectivity index (χ0) is 19.2. The van der Waals surface area contributed by atoms with Gasteiger partial charge >= 0.3 is 0 Å². The van der Waals surface area contributed by atoms with Gasteiger partial charge in [-0.15, -0.1) is 0 Å². The molecule has 2 aliphatic carbocycles. The van der Waals surface area contributed by atoms with Crippen LogP contribution in [0.3, 0.4) is 0 Å². The van der Waals surface area contributed by atoms with Crippen molar-refractivity contribution in [1.82, 2.24) is 9.97 Å². The largest absolute Gasteiger partial charge is 0.393 e. The summed E-state index contributed by atoms with van der Waals surface area (Å²) in [7, 11) is 0. The fourth-order valence-corrected chi connectivity index (χ4v) is 4.02. The lowest BCUT2D eigenvalue weighted by Gasteiger charge is -2.29. The Kier molecular flexibility index (Phi) is 6.84. The number of carbonyl (C=O) groups excluding carboxylic acids is 1. The summed E-state index contributed by atoms with van der Waals surface area (Å²) in [6, 6.07) is 0.377. The Morgan fingerprint density at radius 3 is 2.67 bits per heavy atom. The highest BCUT2D eigenvalue weighted by atomic mass is 16.5. The van der Waals surface area contributed by atoms with Crippen LogP contribution in [0.4, 0.5) is 11.8 Å². The van der Waals surface area contributed by atoms with Crippen LogP contribution < -0.4 is 16.4 Å². The summed E-state index contributed by atoms with van der Waals surface area (Å²) in [4.78, 5) is 20.5. The molecule has 150 valence electrons. The Balaban J connectivity index is 1.65. The number of hydrogen-bond acceptors (Lipinski definition) is 7. The van der Waals surface area contributed by atoms with Gasteiger partial charge in [0.05, 0.1) is 17.8 Å². The molecule has 8 heteroatoms. The van der Waals surface area contributed by atoms with Crippen LogP contribution in [0.15, 0.2) is 6.20 Å². The van der Waals surface area contributed by atoms with E-state index in [0.29, 0.717) is 30.3 Å². The first-order valence-electron chi connectivity index (χ1n) is 10.0. The van der Waals surface area contributed by atoms with Crippen molar-refractivity contribution in [1.29, 1.82) is 0 Å². The maximum Gasteiger partial charge on any atom is 0.254 e. The van der Waals surface area contributed by atoms with Crippen molar-refractivity contribution in [3.63, 3.8) is 0 Å². The first kappa shape index (κ1) is 19.8. The predicted molar refractivity (Wildman–Crippen MR) is 104 cm³/mol. The molecule has 2 saturated carbocycles. The zero-order valence-corrected chi connectivity index (χ0v) is 16.0. The van der Waals surface area contributed by atoms with Gasteiger partial charge in [-0.3, -0.25) is 4.79 Å². The molecule has 27 heavy (non-hydrogen) atoms. The number of aromatic nitrogens is 2. The minimum absolute atomic E-state index is 0.0798. The smallest absolute Gasteiger partial charge is 0.254 e. The highest BCUT2D eigenvalue weighted by Gasteiger charge is 2.24. The van der Waals surface area contributed by atoms with Crippen molar-refractivity contribution < 1.29 is 14.6 Å². The average Bonchev–Trinajstić information content (AvgIpc) is 2.63. The molecule has 0 saturated heterocycles. The molecule has 3 rings (SSSR count). The van der Waals surface area contributed by atoms with Crippen LogP contribution in [0.5, 0.6) is 0 Å². The molecular formula is C19H31N5O3. The van der Waals surface area contributed by atoms with E-state index in [-0.39, 0.29) is 17.7 Å². The number of nitrogens with zero attached hydrogens (tertiary/aromatic N) is 2. The van der Waals surface area contributed by atoms with E-state index in [9.17, 15) is 9.90 Å². The van der Waals surface area contributed by atoms with Crippen LogP contribution in [0, 0.1) is 0 Å². The number of nitrogens with one attached hydrogen (secondary N) is 2. The van der Waals surface area contributed by atoms with E-state index >= 15 is 0 Å². The first-order chi connectivity index (χ1) is 13.0. The summed E-state index contributed by atoms with van der Waals surface area (Å²) in [5, 5.41) is 16.5. The summed E-state index contributed by atoms with van der Waals surface area (Å²) in [5.74, 6) is 0.387. The lowest BCUT2D eigenvalue weighted by molar-refractivity contribution is 0.0346. The fraction of sp³-hybridized carbons (Fsp3) is 0.737. The molecule has 0 aromatic carbocycles. The molecular weight excluding hydrogens is 346 g/mol. The molecule has 1 aromatic rings. The average molecular weight is 377 g/mol. The summed E-state index contributed by atoms with van der Waals surface area (Å²) < 4.78 is 5.69. The second-order valence-corrected chi connectivity index (χ2v) is 7.56. The number of hydrogen-bond donors (Lipinski definition) is 4. The third-order valence-corrected chi connectivity index (χ3v) is 5.45. The van der Waals surface area contributed by atoms with E-state index in [1.807, 2.05) is 6.92 Å². The van der Waals surface area contributed by atoms with Gasteiger partial charge in [0.15, 0.2) is 0 Å². The number of nitrogens with two attached hydrogens (primary N) is 1. The molecule has 1 heterocycles. The quantitative estimate of drug-likeness (QED) is 0.573. The van der Waals surface area contributed by atoms with E-state index in [2.05, 4.69) is 20.6 Å². The van der Waals surface area contributed by atoms with E-state index in [1.165, 1.54) is 6.20 Å². The zero-order valence-electron chi connectivity index (χ0n) is 16.0. The van der Waals surface area contributed by atoms with Crippen molar-refractivity contribution in [2.24, 2.45) is 5.73 Å². The van der Waals surface area contributed by atoms with E-state index < -0.39 is 5.91 Å². The number of rotatable bonds is 7. The molecule has 1 amide bonds. The highest BCUT2D eigenvalue weighted by molar-refractivity contribution is 5.97. The Hall–Kier alpha value is -1.93. The number of anilines is 2. The van der Waals surface area contributed by atoms with Gasteiger partial charge in [0.25, 0.3) is 5.91 Å². The van der Waals surface area contributed by atoms with Crippen molar-refractivity contribution in [3.05, 3.63) is 11.8 Å².